The molecule has 0 atom stereocenters. The van der Waals surface area contributed by atoms with Crippen molar-refractivity contribution in [3.63, 3.8) is 0 Å². The van der Waals surface area contributed by atoms with Crippen LogP contribution in [0.15, 0.2) is 41.1 Å². The molecule has 2 aromatic heterocycles. The van der Waals surface area contributed by atoms with Crippen LogP contribution in [0.5, 0.6) is 0 Å². The van der Waals surface area contributed by atoms with Gasteiger partial charge in [-0.1, -0.05) is 17.7 Å². The van der Waals surface area contributed by atoms with Gasteiger partial charge in [0.25, 0.3) is 5.91 Å². The molecule has 24 heavy (non-hydrogen) atoms. The molecule has 0 spiro atoms. The molecule has 3 aromatic rings. The van der Waals surface area contributed by atoms with Gasteiger partial charge in [-0.3, -0.25) is 9.48 Å². The Hall–Kier alpha value is -2.60. The van der Waals surface area contributed by atoms with Gasteiger partial charge in [-0.15, -0.1) is 0 Å². The SMILES string of the molecule is Cc1cc(C(=O)Nc2cnn(Cc3ccc(F)cc3Cl)c2)c(C)o1. The summed E-state index contributed by atoms with van der Waals surface area (Å²) >= 11 is 6.01. The Labute approximate surface area is 143 Å². The Morgan fingerprint density at radius 1 is 1.38 bits per heavy atom. The first-order valence-corrected chi connectivity index (χ1v) is 7.65. The monoisotopic (exact) mass is 347 g/mol. The van der Waals surface area contributed by atoms with E-state index in [0.717, 1.165) is 5.56 Å². The highest BCUT2D eigenvalue weighted by Gasteiger charge is 2.14. The van der Waals surface area contributed by atoms with Gasteiger partial charge < -0.3 is 9.73 Å². The Kier molecular flexibility index (Phi) is 4.40. The Balaban J connectivity index is 1.71. The highest BCUT2D eigenvalue weighted by atomic mass is 35.5. The van der Waals surface area contributed by atoms with E-state index in [-0.39, 0.29) is 11.7 Å². The van der Waals surface area contributed by atoms with Gasteiger partial charge in [0.15, 0.2) is 0 Å². The van der Waals surface area contributed by atoms with Crippen molar-refractivity contribution in [1.29, 1.82) is 0 Å². The lowest BCUT2D eigenvalue weighted by Gasteiger charge is -2.04. The maximum absolute atomic E-state index is 13.1. The van der Waals surface area contributed by atoms with Crippen LogP contribution < -0.4 is 5.32 Å². The molecular formula is C17H15ClFN3O2. The van der Waals surface area contributed by atoms with Gasteiger partial charge in [0.05, 0.1) is 24.0 Å². The number of carbonyl (C=O) groups excluding carboxylic acids is 1. The van der Waals surface area contributed by atoms with Gasteiger partial charge in [0, 0.05) is 11.2 Å². The second-order valence-electron chi connectivity index (χ2n) is 5.44. The average Bonchev–Trinajstić information content (AvgIpc) is 3.08. The summed E-state index contributed by atoms with van der Waals surface area (Å²) in [6.07, 6.45) is 3.22. The summed E-state index contributed by atoms with van der Waals surface area (Å²) in [4.78, 5) is 12.2. The molecule has 1 N–H and O–H groups in total. The minimum absolute atomic E-state index is 0.260. The molecule has 0 radical (unpaired) electrons. The third-order valence-corrected chi connectivity index (χ3v) is 3.88. The third-order valence-electron chi connectivity index (χ3n) is 3.52. The molecule has 3 rings (SSSR count). The van der Waals surface area contributed by atoms with Crippen molar-refractivity contribution < 1.29 is 13.6 Å². The molecule has 0 aliphatic carbocycles. The standard InChI is InChI=1S/C17H15ClFN3O2/c1-10-5-15(11(2)24-10)17(23)21-14-7-20-22(9-14)8-12-3-4-13(19)6-16(12)18/h3-7,9H,8H2,1-2H3,(H,21,23). The zero-order chi connectivity index (χ0) is 17.3. The highest BCUT2D eigenvalue weighted by Crippen LogP contribution is 2.19. The van der Waals surface area contributed by atoms with Crippen LogP contribution in [0.4, 0.5) is 10.1 Å². The van der Waals surface area contributed by atoms with Crippen LogP contribution >= 0.6 is 11.6 Å². The minimum Gasteiger partial charge on any atom is -0.466 e. The predicted octanol–water partition coefficient (Wildman–Crippen LogP) is 4.19. The molecular weight excluding hydrogens is 333 g/mol. The Bertz CT molecular complexity index is 901. The number of benzene rings is 1. The van der Waals surface area contributed by atoms with Gasteiger partial charge >= 0.3 is 0 Å². The summed E-state index contributed by atoms with van der Waals surface area (Å²) < 4.78 is 20.0. The average molecular weight is 348 g/mol. The summed E-state index contributed by atoms with van der Waals surface area (Å²) in [5.41, 5.74) is 1.78. The predicted molar refractivity (Wildman–Crippen MR) is 88.9 cm³/mol. The molecule has 0 fully saturated rings. The summed E-state index contributed by atoms with van der Waals surface area (Å²) in [6, 6.07) is 5.90. The van der Waals surface area contributed by atoms with E-state index in [1.165, 1.54) is 18.3 Å². The molecule has 0 unspecified atom stereocenters. The number of aromatic nitrogens is 2. The molecule has 0 aliphatic rings. The lowest BCUT2D eigenvalue weighted by molar-refractivity contribution is 0.102. The number of nitrogens with zero attached hydrogens (tertiary/aromatic N) is 2. The number of rotatable bonds is 4. The second kappa shape index (κ2) is 6.49. The van der Waals surface area contributed by atoms with E-state index in [1.54, 1.807) is 36.9 Å². The summed E-state index contributed by atoms with van der Waals surface area (Å²) in [6.45, 7) is 3.90. The van der Waals surface area contributed by atoms with Crippen molar-refractivity contribution in [3.05, 3.63) is 70.1 Å². The van der Waals surface area contributed by atoms with Gasteiger partial charge in [-0.05, 0) is 37.6 Å². The van der Waals surface area contributed by atoms with E-state index in [4.69, 9.17) is 16.0 Å². The zero-order valence-corrected chi connectivity index (χ0v) is 13.9. The fourth-order valence-corrected chi connectivity index (χ4v) is 2.62. The lowest BCUT2D eigenvalue weighted by atomic mass is 10.2. The molecule has 7 heteroatoms. The first-order valence-electron chi connectivity index (χ1n) is 7.27. The number of aryl methyl sites for hydroxylation is 2. The summed E-state index contributed by atoms with van der Waals surface area (Å²) in [7, 11) is 0. The van der Waals surface area contributed by atoms with Crippen LogP contribution in [-0.4, -0.2) is 15.7 Å². The molecule has 0 aliphatic heterocycles. The molecule has 0 bridgehead atoms. The van der Waals surface area contributed by atoms with Crippen molar-refractivity contribution in [1.82, 2.24) is 9.78 Å². The molecule has 2 heterocycles. The number of nitrogens with one attached hydrogen (secondary N) is 1. The third kappa shape index (κ3) is 3.49. The number of carbonyl (C=O) groups is 1. The first kappa shape index (κ1) is 16.3. The maximum atomic E-state index is 13.1. The Morgan fingerprint density at radius 3 is 2.83 bits per heavy atom. The van der Waals surface area contributed by atoms with Gasteiger partial charge in [-0.2, -0.15) is 5.10 Å². The van der Waals surface area contributed by atoms with Crippen molar-refractivity contribution in [2.45, 2.75) is 20.4 Å². The number of anilines is 1. The summed E-state index contributed by atoms with van der Waals surface area (Å²) in [5, 5.41) is 7.28. The number of halogens is 2. The molecule has 124 valence electrons. The van der Waals surface area contributed by atoms with Crippen molar-refractivity contribution >= 4 is 23.2 Å². The summed E-state index contributed by atoms with van der Waals surface area (Å²) in [5.74, 6) is 0.599. The lowest BCUT2D eigenvalue weighted by Crippen LogP contribution is -2.11. The Morgan fingerprint density at radius 2 is 2.17 bits per heavy atom. The molecule has 0 saturated heterocycles. The van der Waals surface area contributed by atoms with Crippen LogP contribution in [-0.2, 0) is 6.54 Å². The van der Waals surface area contributed by atoms with E-state index in [1.807, 2.05) is 0 Å². The van der Waals surface area contributed by atoms with Crippen LogP contribution in [0.1, 0.15) is 27.4 Å². The highest BCUT2D eigenvalue weighted by molar-refractivity contribution is 6.31. The minimum atomic E-state index is -0.386. The smallest absolute Gasteiger partial charge is 0.259 e. The van der Waals surface area contributed by atoms with Gasteiger partial charge in [0.2, 0.25) is 0 Å². The first-order chi connectivity index (χ1) is 11.4. The van der Waals surface area contributed by atoms with Crippen LogP contribution in [0.25, 0.3) is 0 Å². The van der Waals surface area contributed by atoms with E-state index in [0.29, 0.717) is 34.3 Å². The second-order valence-corrected chi connectivity index (χ2v) is 5.85. The number of amides is 1. The number of hydrogen-bond donors (Lipinski definition) is 1. The molecule has 1 amide bonds. The van der Waals surface area contributed by atoms with E-state index in [2.05, 4.69) is 10.4 Å². The van der Waals surface area contributed by atoms with Gasteiger partial charge in [0.1, 0.15) is 17.3 Å². The normalized spacial score (nSPS) is 10.8. The van der Waals surface area contributed by atoms with Crippen molar-refractivity contribution in [2.24, 2.45) is 0 Å². The maximum Gasteiger partial charge on any atom is 0.259 e. The quantitative estimate of drug-likeness (QED) is 0.770. The largest absolute Gasteiger partial charge is 0.466 e. The molecule has 5 nitrogen and oxygen atoms in total. The van der Waals surface area contributed by atoms with E-state index < -0.39 is 0 Å². The van der Waals surface area contributed by atoms with Crippen molar-refractivity contribution in [2.75, 3.05) is 5.32 Å². The van der Waals surface area contributed by atoms with Crippen LogP contribution in [0, 0.1) is 19.7 Å². The van der Waals surface area contributed by atoms with E-state index >= 15 is 0 Å². The molecule has 0 saturated carbocycles. The van der Waals surface area contributed by atoms with Crippen LogP contribution in [0.2, 0.25) is 5.02 Å². The van der Waals surface area contributed by atoms with E-state index in [9.17, 15) is 9.18 Å². The fraction of sp³-hybridized carbons (Fsp3) is 0.176. The van der Waals surface area contributed by atoms with Gasteiger partial charge in [-0.25, -0.2) is 4.39 Å². The fourth-order valence-electron chi connectivity index (χ4n) is 2.39. The zero-order valence-electron chi connectivity index (χ0n) is 13.1. The van der Waals surface area contributed by atoms with Crippen molar-refractivity contribution in [3.8, 4) is 0 Å². The molecule has 1 aromatic carbocycles. The topological polar surface area (TPSA) is 60.1 Å². The van der Waals surface area contributed by atoms with Crippen LogP contribution in [0.3, 0.4) is 0 Å². The number of furan rings is 1. The number of hydrogen-bond acceptors (Lipinski definition) is 3.